The van der Waals surface area contributed by atoms with Crippen LogP contribution in [0.25, 0.3) is 0 Å². The van der Waals surface area contributed by atoms with E-state index in [1.165, 1.54) is 12.1 Å². The number of benzene rings is 1. The summed E-state index contributed by atoms with van der Waals surface area (Å²) in [7, 11) is 0. The zero-order chi connectivity index (χ0) is 15.4. The molecule has 116 valence electrons. The van der Waals surface area contributed by atoms with Gasteiger partial charge in [0.05, 0.1) is 0 Å². The molecule has 6 heteroatoms. The molecule has 3 rings (SSSR count). The number of aromatic nitrogens is 2. The number of ether oxygens (including phenoxy) is 1. The third-order valence-corrected chi connectivity index (χ3v) is 3.67. The van der Waals surface area contributed by atoms with E-state index in [1.807, 2.05) is 12.1 Å². The average molecular weight is 302 g/mol. The van der Waals surface area contributed by atoms with E-state index in [9.17, 15) is 4.39 Å². The highest BCUT2D eigenvalue weighted by Crippen LogP contribution is 2.18. The van der Waals surface area contributed by atoms with Gasteiger partial charge in [-0.25, -0.2) is 9.37 Å². The first-order chi connectivity index (χ1) is 10.7. The van der Waals surface area contributed by atoms with E-state index in [1.54, 1.807) is 12.3 Å². The molecule has 2 heterocycles. The van der Waals surface area contributed by atoms with Crippen LogP contribution in [0.4, 0.5) is 10.2 Å². The van der Waals surface area contributed by atoms with Crippen molar-refractivity contribution in [3.05, 3.63) is 47.9 Å². The average Bonchev–Trinajstić information content (AvgIpc) is 2.54. The SMILES string of the molecule is C[C@@H]1CNCCN1c1ccnc(OCc2cccc(F)c2)n1. The van der Waals surface area contributed by atoms with Crippen LogP contribution in [0.3, 0.4) is 0 Å². The first-order valence-corrected chi connectivity index (χ1v) is 7.40. The molecule has 1 saturated heterocycles. The van der Waals surface area contributed by atoms with Crippen molar-refractivity contribution in [1.82, 2.24) is 15.3 Å². The van der Waals surface area contributed by atoms with E-state index < -0.39 is 0 Å². The van der Waals surface area contributed by atoms with Gasteiger partial charge in [-0.05, 0) is 30.7 Å². The predicted molar refractivity (Wildman–Crippen MR) is 82.4 cm³/mol. The van der Waals surface area contributed by atoms with Crippen LogP contribution in [0.1, 0.15) is 12.5 Å². The summed E-state index contributed by atoms with van der Waals surface area (Å²) in [5.74, 6) is 0.587. The number of hydrogen-bond acceptors (Lipinski definition) is 5. The predicted octanol–water partition coefficient (Wildman–Crippen LogP) is 1.99. The number of nitrogens with zero attached hydrogens (tertiary/aromatic N) is 3. The minimum atomic E-state index is -0.273. The van der Waals surface area contributed by atoms with Gasteiger partial charge in [0, 0.05) is 31.9 Å². The molecular formula is C16H19FN4O. The Morgan fingerprint density at radius 2 is 2.32 bits per heavy atom. The minimum Gasteiger partial charge on any atom is -0.459 e. The summed E-state index contributed by atoms with van der Waals surface area (Å²) < 4.78 is 18.7. The van der Waals surface area contributed by atoms with Crippen LogP contribution in [0.15, 0.2) is 36.5 Å². The summed E-state index contributed by atoms with van der Waals surface area (Å²) in [5.41, 5.74) is 0.754. The maximum Gasteiger partial charge on any atom is 0.318 e. The molecule has 0 saturated carbocycles. The van der Waals surface area contributed by atoms with Gasteiger partial charge in [-0.3, -0.25) is 0 Å². The maximum atomic E-state index is 13.1. The van der Waals surface area contributed by atoms with E-state index in [0.29, 0.717) is 12.1 Å². The van der Waals surface area contributed by atoms with E-state index in [0.717, 1.165) is 31.0 Å². The Morgan fingerprint density at radius 3 is 3.14 bits per heavy atom. The van der Waals surface area contributed by atoms with Crippen molar-refractivity contribution in [2.45, 2.75) is 19.6 Å². The van der Waals surface area contributed by atoms with Gasteiger partial charge in [-0.1, -0.05) is 12.1 Å². The van der Waals surface area contributed by atoms with E-state index in [2.05, 4.69) is 27.1 Å². The molecule has 22 heavy (non-hydrogen) atoms. The van der Waals surface area contributed by atoms with E-state index in [-0.39, 0.29) is 12.4 Å². The Hall–Kier alpha value is -2.21. The van der Waals surface area contributed by atoms with Crippen molar-refractivity contribution in [1.29, 1.82) is 0 Å². The lowest BCUT2D eigenvalue weighted by Gasteiger charge is -2.34. The summed E-state index contributed by atoms with van der Waals surface area (Å²) in [6.07, 6.45) is 1.69. The lowest BCUT2D eigenvalue weighted by Crippen LogP contribution is -2.50. The van der Waals surface area contributed by atoms with Crippen molar-refractivity contribution in [3.63, 3.8) is 0 Å². The Morgan fingerprint density at radius 1 is 1.41 bits per heavy atom. The third-order valence-electron chi connectivity index (χ3n) is 3.67. The first kappa shape index (κ1) is 14.7. The summed E-state index contributed by atoms with van der Waals surface area (Å²) in [6.45, 7) is 5.18. The Bertz CT molecular complexity index is 637. The fraction of sp³-hybridized carbons (Fsp3) is 0.375. The molecule has 0 radical (unpaired) electrons. The van der Waals surface area contributed by atoms with Crippen molar-refractivity contribution in [2.75, 3.05) is 24.5 Å². The molecule has 0 unspecified atom stereocenters. The Balaban J connectivity index is 1.68. The lowest BCUT2D eigenvalue weighted by molar-refractivity contribution is 0.280. The van der Waals surface area contributed by atoms with Crippen molar-refractivity contribution in [2.24, 2.45) is 0 Å². The molecule has 0 spiro atoms. The fourth-order valence-corrected chi connectivity index (χ4v) is 2.52. The summed E-state index contributed by atoms with van der Waals surface area (Å²) in [4.78, 5) is 10.8. The van der Waals surface area contributed by atoms with Gasteiger partial charge in [-0.2, -0.15) is 4.98 Å². The summed E-state index contributed by atoms with van der Waals surface area (Å²) in [5, 5.41) is 3.35. The molecule has 1 aliphatic rings. The molecule has 0 aliphatic carbocycles. The van der Waals surface area contributed by atoms with Gasteiger partial charge in [0.15, 0.2) is 0 Å². The molecule has 5 nitrogen and oxygen atoms in total. The number of piperazine rings is 1. The monoisotopic (exact) mass is 302 g/mol. The molecule has 2 aromatic rings. The Kier molecular flexibility index (Phi) is 4.48. The zero-order valence-corrected chi connectivity index (χ0v) is 12.5. The summed E-state index contributed by atoms with van der Waals surface area (Å²) >= 11 is 0. The van der Waals surface area contributed by atoms with Crippen molar-refractivity contribution >= 4 is 5.82 Å². The second-order valence-corrected chi connectivity index (χ2v) is 5.36. The Labute approximate surface area is 129 Å². The van der Waals surface area contributed by atoms with Crippen LogP contribution < -0.4 is 15.0 Å². The van der Waals surface area contributed by atoms with Crippen LogP contribution in [0.5, 0.6) is 6.01 Å². The highest BCUT2D eigenvalue weighted by molar-refractivity contribution is 5.40. The molecule has 1 aromatic carbocycles. The van der Waals surface area contributed by atoms with Crippen molar-refractivity contribution < 1.29 is 9.13 Å². The maximum absolute atomic E-state index is 13.1. The minimum absolute atomic E-state index is 0.248. The van der Waals surface area contributed by atoms with Gasteiger partial charge < -0.3 is 15.0 Å². The molecule has 1 fully saturated rings. The number of anilines is 1. The number of hydrogen-bond donors (Lipinski definition) is 1. The van der Waals surface area contributed by atoms with Crippen LogP contribution in [-0.2, 0) is 6.61 Å². The van der Waals surface area contributed by atoms with E-state index >= 15 is 0 Å². The molecule has 1 aromatic heterocycles. The van der Waals surface area contributed by atoms with Gasteiger partial charge in [-0.15, -0.1) is 0 Å². The van der Waals surface area contributed by atoms with Crippen LogP contribution in [0, 0.1) is 5.82 Å². The molecule has 0 amide bonds. The van der Waals surface area contributed by atoms with Gasteiger partial charge >= 0.3 is 6.01 Å². The number of halogens is 1. The fourth-order valence-electron chi connectivity index (χ4n) is 2.52. The quantitative estimate of drug-likeness (QED) is 0.936. The zero-order valence-electron chi connectivity index (χ0n) is 12.5. The standard InChI is InChI=1S/C16H19FN4O/c1-12-10-18-7-8-21(12)15-5-6-19-16(20-15)22-11-13-3-2-4-14(17)9-13/h2-6,9,12,18H,7-8,10-11H2,1H3/t12-/m1/s1. The highest BCUT2D eigenvalue weighted by Gasteiger charge is 2.19. The lowest BCUT2D eigenvalue weighted by atomic mass is 10.2. The largest absolute Gasteiger partial charge is 0.459 e. The molecule has 1 aliphatic heterocycles. The molecule has 0 bridgehead atoms. The molecule has 1 N–H and O–H groups in total. The first-order valence-electron chi connectivity index (χ1n) is 7.40. The van der Waals surface area contributed by atoms with Gasteiger partial charge in [0.25, 0.3) is 0 Å². The van der Waals surface area contributed by atoms with Crippen molar-refractivity contribution in [3.8, 4) is 6.01 Å². The van der Waals surface area contributed by atoms with Crippen LogP contribution in [-0.4, -0.2) is 35.6 Å². The molecular weight excluding hydrogens is 283 g/mol. The third kappa shape index (κ3) is 3.51. The normalized spacial score (nSPS) is 18.3. The topological polar surface area (TPSA) is 50.3 Å². The number of rotatable bonds is 4. The smallest absolute Gasteiger partial charge is 0.318 e. The van der Waals surface area contributed by atoms with Gasteiger partial charge in [0.2, 0.25) is 0 Å². The summed E-state index contributed by atoms with van der Waals surface area (Å²) in [6, 6.07) is 8.90. The van der Waals surface area contributed by atoms with Gasteiger partial charge in [0.1, 0.15) is 18.2 Å². The van der Waals surface area contributed by atoms with Crippen LogP contribution in [0.2, 0.25) is 0 Å². The van der Waals surface area contributed by atoms with Crippen LogP contribution >= 0.6 is 0 Å². The highest BCUT2D eigenvalue weighted by atomic mass is 19.1. The second kappa shape index (κ2) is 6.70. The second-order valence-electron chi connectivity index (χ2n) is 5.36. The van der Waals surface area contributed by atoms with E-state index in [4.69, 9.17) is 4.74 Å². The number of nitrogens with one attached hydrogen (secondary N) is 1. The molecule has 1 atom stereocenters.